The summed E-state index contributed by atoms with van der Waals surface area (Å²) in [6.07, 6.45) is 1.18. The number of rotatable bonds is 7. The number of aryl methyl sites for hydroxylation is 3. The Kier molecular flexibility index (Phi) is 6.78. The van der Waals surface area contributed by atoms with Crippen molar-refractivity contribution < 1.29 is 9.59 Å². The van der Waals surface area contributed by atoms with Crippen molar-refractivity contribution in [1.29, 1.82) is 0 Å². The molecule has 0 fully saturated rings. The number of para-hydroxylation sites is 1. The Morgan fingerprint density at radius 1 is 0.962 bits per heavy atom. The Balaban J connectivity index is 1.84. The lowest BCUT2D eigenvalue weighted by molar-refractivity contribution is -0.128. The standard InChI is InChI=1S/C21H27N3O2/c1-15-6-5-7-16(2)21(15)22-14-19(25)23-18-11-8-17(9-12-18)10-13-20(26)24(3)4/h5-9,11-12,22H,10,13-14H2,1-4H3,(H,23,25). The molecule has 0 aliphatic heterocycles. The van der Waals surface area contributed by atoms with Crippen LogP contribution in [0, 0.1) is 13.8 Å². The maximum Gasteiger partial charge on any atom is 0.243 e. The van der Waals surface area contributed by atoms with Crippen molar-refractivity contribution in [3.8, 4) is 0 Å². The minimum atomic E-state index is -0.0943. The predicted octanol–water partition coefficient (Wildman–Crippen LogP) is 3.37. The molecule has 0 spiro atoms. The van der Waals surface area contributed by atoms with Crippen LogP contribution in [-0.4, -0.2) is 37.4 Å². The summed E-state index contributed by atoms with van der Waals surface area (Å²) in [6.45, 7) is 4.25. The van der Waals surface area contributed by atoms with E-state index in [1.165, 1.54) is 0 Å². The summed E-state index contributed by atoms with van der Waals surface area (Å²) in [6, 6.07) is 13.7. The first kappa shape index (κ1) is 19.5. The first-order valence-electron chi connectivity index (χ1n) is 8.76. The Hall–Kier alpha value is -2.82. The van der Waals surface area contributed by atoms with Gasteiger partial charge < -0.3 is 15.5 Å². The molecule has 5 nitrogen and oxygen atoms in total. The number of benzene rings is 2. The number of hydrogen-bond donors (Lipinski definition) is 2. The number of carbonyl (C=O) groups is 2. The molecule has 2 aromatic carbocycles. The van der Waals surface area contributed by atoms with E-state index in [-0.39, 0.29) is 18.4 Å². The highest BCUT2D eigenvalue weighted by molar-refractivity contribution is 5.94. The van der Waals surface area contributed by atoms with Crippen LogP contribution >= 0.6 is 0 Å². The van der Waals surface area contributed by atoms with E-state index < -0.39 is 0 Å². The van der Waals surface area contributed by atoms with Gasteiger partial charge in [-0.25, -0.2) is 0 Å². The van der Waals surface area contributed by atoms with Crippen LogP contribution in [0.1, 0.15) is 23.1 Å². The molecule has 2 aromatic rings. The molecule has 26 heavy (non-hydrogen) atoms. The van der Waals surface area contributed by atoms with Gasteiger partial charge in [-0.15, -0.1) is 0 Å². The Morgan fingerprint density at radius 2 is 1.58 bits per heavy atom. The number of nitrogens with zero attached hydrogens (tertiary/aromatic N) is 1. The molecule has 138 valence electrons. The van der Waals surface area contributed by atoms with Gasteiger partial charge in [0, 0.05) is 31.9 Å². The van der Waals surface area contributed by atoms with Crippen molar-refractivity contribution in [2.75, 3.05) is 31.3 Å². The Bertz CT molecular complexity index is 747. The average Bonchev–Trinajstić information content (AvgIpc) is 2.60. The van der Waals surface area contributed by atoms with Gasteiger partial charge in [0.2, 0.25) is 11.8 Å². The first-order chi connectivity index (χ1) is 12.4. The summed E-state index contributed by atoms with van der Waals surface area (Å²) in [7, 11) is 3.51. The fourth-order valence-corrected chi connectivity index (χ4v) is 2.70. The fourth-order valence-electron chi connectivity index (χ4n) is 2.70. The average molecular weight is 353 g/mol. The van der Waals surface area contributed by atoms with Gasteiger partial charge >= 0.3 is 0 Å². The number of carbonyl (C=O) groups excluding carboxylic acids is 2. The molecule has 2 rings (SSSR count). The summed E-state index contributed by atoms with van der Waals surface area (Å²) in [4.78, 5) is 25.4. The van der Waals surface area contributed by atoms with Gasteiger partial charge in [0.05, 0.1) is 6.54 Å². The minimum Gasteiger partial charge on any atom is -0.376 e. The van der Waals surface area contributed by atoms with Gasteiger partial charge in [-0.2, -0.15) is 0 Å². The molecule has 0 saturated heterocycles. The largest absolute Gasteiger partial charge is 0.376 e. The van der Waals surface area contributed by atoms with Crippen molar-refractivity contribution in [3.05, 3.63) is 59.2 Å². The zero-order valence-corrected chi connectivity index (χ0v) is 15.9. The number of anilines is 2. The quantitative estimate of drug-likeness (QED) is 0.802. The molecule has 0 aliphatic carbocycles. The highest BCUT2D eigenvalue weighted by Crippen LogP contribution is 2.19. The Labute approximate surface area is 155 Å². The van der Waals surface area contributed by atoms with Crippen LogP contribution in [0.15, 0.2) is 42.5 Å². The molecular weight excluding hydrogens is 326 g/mol. The molecule has 0 saturated carbocycles. The summed E-state index contributed by atoms with van der Waals surface area (Å²) < 4.78 is 0. The van der Waals surface area contributed by atoms with Crippen LogP contribution in [0.4, 0.5) is 11.4 Å². The van der Waals surface area contributed by atoms with Crippen LogP contribution in [0.5, 0.6) is 0 Å². The molecule has 0 unspecified atom stereocenters. The maximum absolute atomic E-state index is 12.2. The van der Waals surface area contributed by atoms with Gasteiger partial charge in [-0.3, -0.25) is 9.59 Å². The van der Waals surface area contributed by atoms with Crippen molar-refractivity contribution in [2.24, 2.45) is 0 Å². The van der Waals surface area contributed by atoms with Gasteiger partial charge in [0.15, 0.2) is 0 Å². The zero-order valence-electron chi connectivity index (χ0n) is 15.9. The van der Waals surface area contributed by atoms with Crippen molar-refractivity contribution in [3.63, 3.8) is 0 Å². The van der Waals surface area contributed by atoms with E-state index in [0.29, 0.717) is 12.8 Å². The molecule has 0 radical (unpaired) electrons. The molecular formula is C21H27N3O2. The van der Waals surface area contributed by atoms with Crippen LogP contribution in [0.25, 0.3) is 0 Å². The number of nitrogens with one attached hydrogen (secondary N) is 2. The fraction of sp³-hybridized carbons (Fsp3) is 0.333. The third-order valence-corrected chi connectivity index (χ3v) is 4.27. The number of hydrogen-bond acceptors (Lipinski definition) is 3. The van der Waals surface area contributed by atoms with E-state index in [9.17, 15) is 9.59 Å². The van der Waals surface area contributed by atoms with Crippen molar-refractivity contribution >= 4 is 23.2 Å². The van der Waals surface area contributed by atoms with E-state index in [1.54, 1.807) is 19.0 Å². The topological polar surface area (TPSA) is 61.4 Å². The molecule has 0 heterocycles. The minimum absolute atomic E-state index is 0.0943. The monoisotopic (exact) mass is 353 g/mol. The maximum atomic E-state index is 12.2. The van der Waals surface area contributed by atoms with Crippen molar-refractivity contribution in [1.82, 2.24) is 4.90 Å². The smallest absolute Gasteiger partial charge is 0.243 e. The van der Waals surface area contributed by atoms with Crippen LogP contribution in [-0.2, 0) is 16.0 Å². The summed E-state index contributed by atoms with van der Waals surface area (Å²) in [5.41, 5.74) is 5.07. The van der Waals surface area contributed by atoms with E-state index >= 15 is 0 Å². The molecule has 0 aliphatic rings. The van der Waals surface area contributed by atoms with Gasteiger partial charge in [-0.1, -0.05) is 30.3 Å². The molecule has 0 atom stereocenters. The zero-order chi connectivity index (χ0) is 19.1. The van der Waals surface area contributed by atoms with E-state index in [4.69, 9.17) is 0 Å². The van der Waals surface area contributed by atoms with E-state index in [0.717, 1.165) is 28.1 Å². The lowest BCUT2D eigenvalue weighted by atomic mass is 10.1. The second kappa shape index (κ2) is 9.04. The third-order valence-electron chi connectivity index (χ3n) is 4.27. The molecule has 5 heteroatoms. The summed E-state index contributed by atoms with van der Waals surface area (Å²) >= 11 is 0. The second-order valence-electron chi connectivity index (χ2n) is 6.65. The normalized spacial score (nSPS) is 10.3. The highest BCUT2D eigenvalue weighted by Gasteiger charge is 2.07. The van der Waals surface area contributed by atoms with Crippen molar-refractivity contribution in [2.45, 2.75) is 26.7 Å². The molecule has 0 bridgehead atoms. The lowest BCUT2D eigenvalue weighted by Crippen LogP contribution is -2.22. The van der Waals surface area contributed by atoms with E-state index in [2.05, 4.69) is 10.6 Å². The summed E-state index contributed by atoms with van der Waals surface area (Å²) in [5, 5.41) is 6.09. The van der Waals surface area contributed by atoms with Gasteiger partial charge in [0.1, 0.15) is 0 Å². The molecule has 2 N–H and O–H groups in total. The Morgan fingerprint density at radius 3 is 2.15 bits per heavy atom. The SMILES string of the molecule is Cc1cccc(C)c1NCC(=O)Nc1ccc(CCC(=O)N(C)C)cc1. The molecule has 2 amide bonds. The summed E-state index contributed by atoms with van der Waals surface area (Å²) in [5.74, 6) is 0.0168. The highest BCUT2D eigenvalue weighted by atomic mass is 16.2. The van der Waals surface area contributed by atoms with Crippen LogP contribution in [0.3, 0.4) is 0 Å². The molecule has 0 aromatic heterocycles. The number of amides is 2. The van der Waals surface area contributed by atoms with Crippen LogP contribution in [0.2, 0.25) is 0 Å². The third kappa shape index (κ3) is 5.62. The van der Waals surface area contributed by atoms with Gasteiger partial charge in [0.25, 0.3) is 0 Å². The lowest BCUT2D eigenvalue weighted by Gasteiger charge is -2.13. The van der Waals surface area contributed by atoms with Crippen LogP contribution < -0.4 is 10.6 Å². The second-order valence-corrected chi connectivity index (χ2v) is 6.65. The first-order valence-corrected chi connectivity index (χ1v) is 8.76. The predicted molar refractivity (Wildman–Crippen MR) is 106 cm³/mol. The van der Waals surface area contributed by atoms with E-state index in [1.807, 2.05) is 56.3 Å². The van der Waals surface area contributed by atoms with Gasteiger partial charge in [-0.05, 0) is 49.1 Å².